The Morgan fingerprint density at radius 3 is 2.03 bits per heavy atom. The van der Waals surface area contributed by atoms with Gasteiger partial charge in [0.2, 0.25) is 0 Å². The zero-order chi connectivity index (χ0) is 21.8. The number of piperidine rings is 1. The first-order valence-electron chi connectivity index (χ1n) is 10.7. The SMILES string of the molecule is COC(=O)c1ncccc1CN1[C@@H](c2ncccc2C)CCC[C@H]1c1ncccc1C. The van der Waals surface area contributed by atoms with Crippen molar-refractivity contribution in [1.29, 1.82) is 0 Å². The van der Waals surface area contributed by atoms with Crippen molar-refractivity contribution in [3.63, 3.8) is 0 Å². The molecule has 0 aliphatic carbocycles. The molecule has 0 aromatic carbocycles. The third-order valence-corrected chi connectivity index (χ3v) is 6.11. The second kappa shape index (κ2) is 9.35. The molecule has 0 amide bonds. The van der Waals surface area contributed by atoms with Crippen LogP contribution in [0.4, 0.5) is 0 Å². The minimum atomic E-state index is -0.413. The van der Waals surface area contributed by atoms with Crippen LogP contribution in [0.2, 0.25) is 0 Å². The lowest BCUT2D eigenvalue weighted by Gasteiger charge is -2.42. The molecule has 0 radical (unpaired) electrons. The van der Waals surface area contributed by atoms with Crippen LogP contribution in [0.1, 0.15) is 69.9 Å². The van der Waals surface area contributed by atoms with E-state index in [4.69, 9.17) is 14.7 Å². The van der Waals surface area contributed by atoms with Crippen LogP contribution in [0.15, 0.2) is 55.0 Å². The highest BCUT2D eigenvalue weighted by Gasteiger charge is 2.36. The maximum absolute atomic E-state index is 12.4. The molecule has 1 saturated heterocycles. The zero-order valence-electron chi connectivity index (χ0n) is 18.3. The largest absolute Gasteiger partial charge is 0.464 e. The predicted octanol–water partition coefficient (Wildman–Crippen LogP) is 4.74. The molecule has 0 N–H and O–H groups in total. The van der Waals surface area contributed by atoms with Crippen LogP contribution < -0.4 is 0 Å². The summed E-state index contributed by atoms with van der Waals surface area (Å²) in [4.78, 5) is 28.6. The molecule has 2 atom stereocenters. The highest BCUT2D eigenvalue weighted by molar-refractivity contribution is 5.88. The summed E-state index contributed by atoms with van der Waals surface area (Å²) in [6, 6.07) is 12.3. The summed E-state index contributed by atoms with van der Waals surface area (Å²) in [5.41, 5.74) is 5.75. The average Bonchev–Trinajstić information content (AvgIpc) is 2.80. The van der Waals surface area contributed by atoms with Crippen LogP contribution in [0.3, 0.4) is 0 Å². The summed E-state index contributed by atoms with van der Waals surface area (Å²) in [6.45, 7) is 4.79. The smallest absolute Gasteiger partial charge is 0.356 e. The lowest BCUT2D eigenvalue weighted by molar-refractivity contribution is 0.0566. The van der Waals surface area contributed by atoms with Gasteiger partial charge in [0.05, 0.1) is 30.6 Å². The Labute approximate surface area is 183 Å². The number of methoxy groups -OCH3 is 1. The molecule has 1 aliphatic heterocycles. The molecular weight excluding hydrogens is 388 g/mol. The van der Waals surface area contributed by atoms with Crippen LogP contribution in [-0.4, -0.2) is 32.9 Å². The van der Waals surface area contributed by atoms with E-state index in [0.29, 0.717) is 12.2 Å². The second-order valence-electron chi connectivity index (χ2n) is 8.05. The van der Waals surface area contributed by atoms with E-state index in [9.17, 15) is 4.79 Å². The number of aromatic nitrogens is 3. The van der Waals surface area contributed by atoms with Gasteiger partial charge in [0, 0.05) is 25.1 Å². The van der Waals surface area contributed by atoms with Gasteiger partial charge in [-0.05, 0) is 68.0 Å². The molecule has 1 aliphatic rings. The highest BCUT2D eigenvalue weighted by Crippen LogP contribution is 2.43. The van der Waals surface area contributed by atoms with Crippen molar-refractivity contribution >= 4 is 5.97 Å². The van der Waals surface area contributed by atoms with E-state index in [2.05, 4.69) is 35.9 Å². The standard InChI is InChI=1S/C25H28N4O2/c1-17-8-5-13-26-22(17)20-11-4-12-21(23-18(2)9-6-14-27-23)29(20)16-19-10-7-15-28-24(19)25(30)31-3/h5-10,13-15,20-21H,4,11-12,16H2,1-3H3/t20-,21+. The fourth-order valence-corrected chi connectivity index (χ4v) is 4.60. The highest BCUT2D eigenvalue weighted by atomic mass is 16.5. The number of esters is 1. The minimum Gasteiger partial charge on any atom is -0.464 e. The van der Waals surface area contributed by atoms with Gasteiger partial charge in [-0.25, -0.2) is 9.78 Å². The van der Waals surface area contributed by atoms with E-state index in [0.717, 1.165) is 36.2 Å². The van der Waals surface area contributed by atoms with Gasteiger partial charge in [0.15, 0.2) is 5.69 Å². The number of pyridine rings is 3. The number of carbonyl (C=O) groups excluding carboxylic acids is 1. The third kappa shape index (κ3) is 4.35. The van der Waals surface area contributed by atoms with Crippen molar-refractivity contribution in [2.24, 2.45) is 0 Å². The first-order valence-corrected chi connectivity index (χ1v) is 10.7. The molecule has 3 aromatic rings. The van der Waals surface area contributed by atoms with E-state index < -0.39 is 5.97 Å². The monoisotopic (exact) mass is 416 g/mol. The molecular formula is C25H28N4O2. The van der Waals surface area contributed by atoms with Crippen LogP contribution in [0, 0.1) is 13.8 Å². The number of nitrogens with zero attached hydrogens (tertiary/aromatic N) is 4. The number of rotatable bonds is 5. The van der Waals surface area contributed by atoms with E-state index >= 15 is 0 Å². The maximum atomic E-state index is 12.4. The average molecular weight is 417 g/mol. The molecule has 4 heterocycles. The number of hydrogen-bond acceptors (Lipinski definition) is 6. The molecule has 0 saturated carbocycles. The molecule has 0 spiro atoms. The number of likely N-dealkylation sites (tertiary alicyclic amines) is 1. The number of hydrogen-bond donors (Lipinski definition) is 0. The fraction of sp³-hybridized carbons (Fsp3) is 0.360. The Kier molecular flexibility index (Phi) is 6.37. The molecule has 6 heteroatoms. The fourth-order valence-electron chi connectivity index (χ4n) is 4.60. The minimum absolute atomic E-state index is 0.132. The molecule has 0 bridgehead atoms. The lowest BCUT2D eigenvalue weighted by Crippen LogP contribution is -2.38. The van der Waals surface area contributed by atoms with Crippen LogP contribution in [-0.2, 0) is 11.3 Å². The molecule has 31 heavy (non-hydrogen) atoms. The van der Waals surface area contributed by atoms with E-state index in [-0.39, 0.29) is 12.1 Å². The van der Waals surface area contributed by atoms with Crippen molar-refractivity contribution in [3.05, 3.63) is 88.8 Å². The summed E-state index contributed by atoms with van der Waals surface area (Å²) in [7, 11) is 1.39. The van der Waals surface area contributed by atoms with Crippen LogP contribution in [0.25, 0.3) is 0 Å². The Bertz CT molecular complexity index is 1020. The first kappa shape index (κ1) is 21.1. The third-order valence-electron chi connectivity index (χ3n) is 6.11. The van der Waals surface area contributed by atoms with Gasteiger partial charge in [0.25, 0.3) is 0 Å². The van der Waals surface area contributed by atoms with Gasteiger partial charge >= 0.3 is 5.97 Å². The molecule has 160 valence electrons. The van der Waals surface area contributed by atoms with Crippen LogP contribution in [0.5, 0.6) is 0 Å². The summed E-state index contributed by atoms with van der Waals surface area (Å²) in [5, 5.41) is 0. The number of ether oxygens (including phenoxy) is 1. The van der Waals surface area contributed by atoms with Gasteiger partial charge < -0.3 is 4.74 Å². The van der Waals surface area contributed by atoms with Gasteiger partial charge in [-0.15, -0.1) is 0 Å². The molecule has 3 aromatic heterocycles. The molecule has 6 nitrogen and oxygen atoms in total. The topological polar surface area (TPSA) is 68.2 Å². The Morgan fingerprint density at radius 1 is 0.935 bits per heavy atom. The number of carbonyl (C=O) groups is 1. The van der Waals surface area contributed by atoms with E-state index in [1.165, 1.54) is 18.2 Å². The summed E-state index contributed by atoms with van der Waals surface area (Å²) in [5.74, 6) is -0.413. The van der Waals surface area contributed by atoms with Gasteiger partial charge in [-0.3, -0.25) is 14.9 Å². The molecule has 4 rings (SSSR count). The predicted molar refractivity (Wildman–Crippen MR) is 118 cm³/mol. The van der Waals surface area contributed by atoms with E-state index in [1.54, 1.807) is 6.20 Å². The van der Waals surface area contributed by atoms with Crippen molar-refractivity contribution in [2.45, 2.75) is 51.7 Å². The van der Waals surface area contributed by atoms with Gasteiger partial charge in [0.1, 0.15) is 0 Å². The Hall–Kier alpha value is -3.12. The van der Waals surface area contributed by atoms with E-state index in [1.807, 2.05) is 36.7 Å². The van der Waals surface area contributed by atoms with Crippen molar-refractivity contribution in [2.75, 3.05) is 7.11 Å². The normalized spacial score (nSPS) is 19.2. The molecule has 1 fully saturated rings. The molecule has 0 unspecified atom stereocenters. The maximum Gasteiger partial charge on any atom is 0.356 e. The zero-order valence-corrected chi connectivity index (χ0v) is 18.3. The number of aryl methyl sites for hydroxylation is 2. The quantitative estimate of drug-likeness (QED) is 0.560. The van der Waals surface area contributed by atoms with Crippen molar-refractivity contribution in [1.82, 2.24) is 19.9 Å². The lowest BCUT2D eigenvalue weighted by atomic mass is 9.88. The van der Waals surface area contributed by atoms with Gasteiger partial charge in [-0.1, -0.05) is 18.2 Å². The first-order chi connectivity index (χ1) is 15.1. The van der Waals surface area contributed by atoms with Gasteiger partial charge in [-0.2, -0.15) is 0 Å². The van der Waals surface area contributed by atoms with Crippen molar-refractivity contribution < 1.29 is 9.53 Å². The summed E-state index contributed by atoms with van der Waals surface area (Å²) in [6.07, 6.45) is 8.46. The summed E-state index contributed by atoms with van der Waals surface area (Å²) < 4.78 is 4.98. The van der Waals surface area contributed by atoms with Crippen LogP contribution >= 0.6 is 0 Å². The second-order valence-corrected chi connectivity index (χ2v) is 8.05. The Morgan fingerprint density at radius 2 is 1.48 bits per heavy atom. The summed E-state index contributed by atoms with van der Waals surface area (Å²) >= 11 is 0. The Balaban J connectivity index is 1.80. The van der Waals surface area contributed by atoms with Crippen molar-refractivity contribution in [3.8, 4) is 0 Å².